The molecule has 114 valence electrons. The van der Waals surface area contributed by atoms with Crippen LogP contribution in [-0.2, 0) is 9.53 Å². The van der Waals surface area contributed by atoms with Crippen molar-refractivity contribution in [2.24, 2.45) is 5.92 Å². The summed E-state index contributed by atoms with van der Waals surface area (Å²) in [6.45, 7) is 10.0. The van der Waals surface area contributed by atoms with Crippen molar-refractivity contribution in [1.29, 1.82) is 0 Å². The van der Waals surface area contributed by atoms with E-state index >= 15 is 0 Å². The molecule has 0 fully saturated rings. The number of carbonyl (C=O) groups is 1. The Balaban J connectivity index is 3.07. The highest BCUT2D eigenvalue weighted by atomic mass is 16.5. The molecule has 0 spiro atoms. The second-order valence-electron chi connectivity index (χ2n) is 5.74. The third kappa shape index (κ3) is 3.65. The van der Waals surface area contributed by atoms with Gasteiger partial charge in [0.05, 0.1) is 18.5 Å². The Morgan fingerprint density at radius 2 is 2.00 bits per heavy atom. The van der Waals surface area contributed by atoms with Gasteiger partial charge in [-0.3, -0.25) is 0 Å². The molecule has 0 aliphatic carbocycles. The smallest absolute Gasteiger partial charge is 0.328 e. The molecule has 6 heteroatoms. The third-order valence-electron chi connectivity index (χ3n) is 3.12. The van der Waals surface area contributed by atoms with Crippen molar-refractivity contribution in [3.63, 3.8) is 0 Å². The first-order valence-corrected chi connectivity index (χ1v) is 6.96. The van der Waals surface area contributed by atoms with Crippen LogP contribution < -0.4 is 11.1 Å². The zero-order chi connectivity index (χ0) is 15.4. The Kier molecular flexibility index (Phi) is 5.42. The Morgan fingerprint density at radius 1 is 1.40 bits per heavy atom. The largest absolute Gasteiger partial charge is 0.467 e. The number of hydrogen-bond donors (Lipinski definition) is 2. The minimum atomic E-state index is -0.420. The van der Waals surface area contributed by atoms with E-state index in [1.807, 2.05) is 20.8 Å². The maximum Gasteiger partial charge on any atom is 0.328 e. The molecule has 3 N–H and O–H groups in total. The molecule has 20 heavy (non-hydrogen) atoms. The van der Waals surface area contributed by atoms with Crippen LogP contribution in [0.3, 0.4) is 0 Å². The number of nitrogens with zero attached hydrogens (tertiary/aromatic N) is 2. The lowest BCUT2D eigenvalue weighted by molar-refractivity contribution is -0.141. The van der Waals surface area contributed by atoms with Gasteiger partial charge < -0.3 is 15.8 Å². The van der Waals surface area contributed by atoms with Gasteiger partial charge in [-0.05, 0) is 33.1 Å². The normalized spacial score (nSPS) is 12.8. The predicted octanol–water partition coefficient (Wildman–Crippen LogP) is 2.35. The minimum absolute atomic E-state index is 0.158. The van der Waals surface area contributed by atoms with E-state index in [2.05, 4.69) is 24.3 Å². The topological polar surface area (TPSA) is 82.2 Å². The molecule has 1 aromatic rings. The second-order valence-corrected chi connectivity index (χ2v) is 5.74. The van der Waals surface area contributed by atoms with Crippen LogP contribution in [0, 0.1) is 12.8 Å². The monoisotopic (exact) mass is 282 g/mol. The standard InChI is InChI=1S/C14H26N4O2/c1-8(2)7-11(14(19)20-6)16-13-12(15)10(5)17-18(13)9(3)4/h8-9,11,16H,7,15H2,1-6H3. The summed E-state index contributed by atoms with van der Waals surface area (Å²) in [5.74, 6) is 0.769. The van der Waals surface area contributed by atoms with Gasteiger partial charge in [0.15, 0.2) is 0 Å². The molecule has 0 radical (unpaired) electrons. The molecule has 0 saturated heterocycles. The summed E-state index contributed by atoms with van der Waals surface area (Å²) in [7, 11) is 1.39. The molecule has 6 nitrogen and oxygen atoms in total. The Labute approximate surface area is 120 Å². The number of esters is 1. The highest BCUT2D eigenvalue weighted by molar-refractivity contribution is 5.80. The van der Waals surface area contributed by atoms with E-state index < -0.39 is 6.04 Å². The SMILES string of the molecule is COC(=O)C(CC(C)C)Nc1c(N)c(C)nn1C(C)C. The number of rotatable bonds is 6. The van der Waals surface area contributed by atoms with Gasteiger partial charge in [-0.2, -0.15) is 5.10 Å². The van der Waals surface area contributed by atoms with Crippen molar-refractivity contribution in [3.8, 4) is 0 Å². The second kappa shape index (κ2) is 6.63. The number of nitrogens with two attached hydrogens (primary N) is 1. The summed E-state index contributed by atoms with van der Waals surface area (Å²) in [5, 5.41) is 7.61. The lowest BCUT2D eigenvalue weighted by atomic mass is 10.0. The van der Waals surface area contributed by atoms with E-state index in [1.165, 1.54) is 7.11 Å². The molecule has 1 rings (SSSR count). The number of carbonyl (C=O) groups excluding carboxylic acids is 1. The maximum absolute atomic E-state index is 11.9. The quantitative estimate of drug-likeness (QED) is 0.783. The van der Waals surface area contributed by atoms with Gasteiger partial charge in [-0.25, -0.2) is 9.48 Å². The predicted molar refractivity (Wildman–Crippen MR) is 80.6 cm³/mol. The summed E-state index contributed by atoms with van der Waals surface area (Å²) in [6, 6.07) is -0.262. The highest BCUT2D eigenvalue weighted by Gasteiger charge is 2.24. The van der Waals surface area contributed by atoms with Crippen LogP contribution in [0.2, 0.25) is 0 Å². The molecular weight excluding hydrogens is 256 g/mol. The molecule has 1 aromatic heterocycles. The number of anilines is 2. The number of nitrogen functional groups attached to an aromatic ring is 1. The summed E-state index contributed by atoms with van der Waals surface area (Å²) in [4.78, 5) is 11.9. The van der Waals surface area contributed by atoms with E-state index in [0.29, 0.717) is 23.8 Å². The van der Waals surface area contributed by atoms with Crippen LogP contribution in [0.1, 0.15) is 45.9 Å². The van der Waals surface area contributed by atoms with Crippen molar-refractivity contribution in [2.75, 3.05) is 18.2 Å². The van der Waals surface area contributed by atoms with E-state index in [-0.39, 0.29) is 12.0 Å². The first-order chi connectivity index (χ1) is 9.27. The maximum atomic E-state index is 11.9. The molecular formula is C14H26N4O2. The van der Waals surface area contributed by atoms with Gasteiger partial charge in [0.2, 0.25) is 0 Å². The molecule has 0 bridgehead atoms. The zero-order valence-electron chi connectivity index (χ0n) is 13.2. The summed E-state index contributed by atoms with van der Waals surface area (Å²) in [6.07, 6.45) is 0.675. The number of ether oxygens (including phenoxy) is 1. The number of aryl methyl sites for hydroxylation is 1. The van der Waals surface area contributed by atoms with Crippen LogP contribution in [-0.4, -0.2) is 28.9 Å². The van der Waals surface area contributed by atoms with Crippen LogP contribution >= 0.6 is 0 Å². The van der Waals surface area contributed by atoms with Crippen LogP contribution in [0.25, 0.3) is 0 Å². The average Bonchev–Trinajstić information content (AvgIpc) is 2.64. The molecule has 1 heterocycles. The van der Waals surface area contributed by atoms with Crippen LogP contribution in [0.4, 0.5) is 11.5 Å². The third-order valence-corrected chi connectivity index (χ3v) is 3.12. The number of hydrogen-bond acceptors (Lipinski definition) is 5. The van der Waals surface area contributed by atoms with Gasteiger partial charge in [0.25, 0.3) is 0 Å². The van der Waals surface area contributed by atoms with Gasteiger partial charge in [-0.15, -0.1) is 0 Å². The molecule has 0 aliphatic heterocycles. The van der Waals surface area contributed by atoms with E-state index in [1.54, 1.807) is 4.68 Å². The van der Waals surface area contributed by atoms with E-state index in [9.17, 15) is 4.79 Å². The highest BCUT2D eigenvalue weighted by Crippen LogP contribution is 2.27. The van der Waals surface area contributed by atoms with Crippen molar-refractivity contribution in [3.05, 3.63) is 5.69 Å². The summed E-state index contributed by atoms with van der Waals surface area (Å²) >= 11 is 0. The fraction of sp³-hybridized carbons (Fsp3) is 0.714. The van der Waals surface area contributed by atoms with E-state index in [4.69, 9.17) is 10.5 Å². The fourth-order valence-corrected chi connectivity index (χ4v) is 2.07. The van der Waals surface area contributed by atoms with E-state index in [0.717, 1.165) is 5.69 Å². The van der Waals surface area contributed by atoms with Crippen molar-refractivity contribution >= 4 is 17.5 Å². The van der Waals surface area contributed by atoms with Crippen molar-refractivity contribution in [1.82, 2.24) is 9.78 Å². The van der Waals surface area contributed by atoms with Gasteiger partial charge in [0.1, 0.15) is 11.9 Å². The first kappa shape index (κ1) is 16.3. The lowest BCUT2D eigenvalue weighted by Gasteiger charge is -2.21. The Morgan fingerprint density at radius 3 is 2.45 bits per heavy atom. The molecule has 0 aliphatic rings. The summed E-state index contributed by atoms with van der Waals surface area (Å²) in [5.41, 5.74) is 7.40. The molecule has 0 aromatic carbocycles. The van der Waals surface area contributed by atoms with Crippen LogP contribution in [0.15, 0.2) is 0 Å². The van der Waals surface area contributed by atoms with Crippen molar-refractivity contribution < 1.29 is 9.53 Å². The van der Waals surface area contributed by atoms with Crippen molar-refractivity contribution in [2.45, 2.75) is 53.1 Å². The molecule has 0 saturated carbocycles. The van der Waals surface area contributed by atoms with Gasteiger partial charge >= 0.3 is 5.97 Å². The lowest BCUT2D eigenvalue weighted by Crippen LogP contribution is -2.33. The molecule has 1 atom stereocenters. The molecule has 1 unspecified atom stereocenters. The fourth-order valence-electron chi connectivity index (χ4n) is 2.07. The van der Waals surface area contributed by atoms with Gasteiger partial charge in [-0.1, -0.05) is 13.8 Å². The summed E-state index contributed by atoms with van der Waals surface area (Å²) < 4.78 is 6.67. The number of aromatic nitrogens is 2. The Bertz CT molecular complexity index is 466. The van der Waals surface area contributed by atoms with Gasteiger partial charge in [0, 0.05) is 6.04 Å². The number of methoxy groups -OCH3 is 1. The first-order valence-electron chi connectivity index (χ1n) is 6.96. The van der Waals surface area contributed by atoms with Crippen LogP contribution in [0.5, 0.6) is 0 Å². The average molecular weight is 282 g/mol. The minimum Gasteiger partial charge on any atom is -0.467 e. The molecule has 0 amide bonds. The zero-order valence-corrected chi connectivity index (χ0v) is 13.2. The Hall–Kier alpha value is -1.72. The number of nitrogens with one attached hydrogen (secondary N) is 1.